The SMILES string of the molecule is COc1cccc(/C=C2\Oc3c(ccc4c3CN(Cc3ccc(OC)c(OC)c3)CO4)C2=O)c1. The Kier molecular flexibility index (Phi) is 5.86. The van der Waals surface area contributed by atoms with Crippen molar-refractivity contribution in [1.82, 2.24) is 4.90 Å². The van der Waals surface area contributed by atoms with Crippen LogP contribution in [0.1, 0.15) is 27.0 Å². The summed E-state index contributed by atoms with van der Waals surface area (Å²) in [7, 11) is 4.85. The first-order chi connectivity index (χ1) is 16.6. The van der Waals surface area contributed by atoms with Crippen molar-refractivity contribution < 1.29 is 28.5 Å². The van der Waals surface area contributed by atoms with E-state index >= 15 is 0 Å². The highest BCUT2D eigenvalue weighted by atomic mass is 16.5. The molecule has 2 aliphatic heterocycles. The van der Waals surface area contributed by atoms with Crippen molar-refractivity contribution in [2.24, 2.45) is 0 Å². The molecular weight excluding hydrogens is 434 g/mol. The molecular formula is C27H25NO6. The molecule has 34 heavy (non-hydrogen) atoms. The van der Waals surface area contributed by atoms with E-state index in [4.69, 9.17) is 23.7 Å². The molecule has 3 aromatic rings. The fourth-order valence-electron chi connectivity index (χ4n) is 4.23. The average molecular weight is 459 g/mol. The van der Waals surface area contributed by atoms with E-state index in [-0.39, 0.29) is 11.5 Å². The number of rotatable bonds is 6. The van der Waals surface area contributed by atoms with E-state index in [9.17, 15) is 4.79 Å². The predicted molar refractivity (Wildman–Crippen MR) is 127 cm³/mol. The van der Waals surface area contributed by atoms with Crippen molar-refractivity contribution in [3.8, 4) is 28.7 Å². The molecule has 0 fully saturated rings. The summed E-state index contributed by atoms with van der Waals surface area (Å²) in [6, 6.07) is 17.0. The van der Waals surface area contributed by atoms with E-state index in [1.165, 1.54) is 0 Å². The normalized spacial score (nSPS) is 15.9. The molecule has 0 amide bonds. The van der Waals surface area contributed by atoms with Crippen LogP contribution in [0.5, 0.6) is 28.7 Å². The highest BCUT2D eigenvalue weighted by molar-refractivity contribution is 6.15. The Morgan fingerprint density at radius 2 is 1.82 bits per heavy atom. The number of fused-ring (bicyclic) bond motifs is 3. The Hall–Kier alpha value is -3.97. The molecule has 0 unspecified atom stereocenters. The van der Waals surface area contributed by atoms with Crippen LogP contribution in [-0.4, -0.2) is 38.7 Å². The molecule has 3 aromatic carbocycles. The Morgan fingerprint density at radius 3 is 2.62 bits per heavy atom. The van der Waals surface area contributed by atoms with Gasteiger partial charge in [0, 0.05) is 13.1 Å². The quantitative estimate of drug-likeness (QED) is 0.496. The smallest absolute Gasteiger partial charge is 0.231 e. The minimum Gasteiger partial charge on any atom is -0.497 e. The summed E-state index contributed by atoms with van der Waals surface area (Å²) in [5.74, 6) is 3.53. The van der Waals surface area contributed by atoms with Crippen molar-refractivity contribution in [1.29, 1.82) is 0 Å². The van der Waals surface area contributed by atoms with Gasteiger partial charge in [-0.1, -0.05) is 18.2 Å². The van der Waals surface area contributed by atoms with Gasteiger partial charge in [-0.3, -0.25) is 9.69 Å². The number of ketones is 1. The zero-order chi connectivity index (χ0) is 23.7. The standard InChI is InChI=1S/C27H25NO6/c1-30-19-6-4-5-17(11-19)12-25-26(29)20-8-10-22-21(27(20)34-25)15-28(16-33-22)14-18-7-9-23(31-2)24(13-18)32-3/h4-13H,14-16H2,1-3H3/b25-12-. The van der Waals surface area contributed by atoms with E-state index in [0.29, 0.717) is 48.4 Å². The summed E-state index contributed by atoms with van der Waals surface area (Å²) in [6.45, 7) is 1.66. The second-order valence-corrected chi connectivity index (χ2v) is 8.09. The lowest BCUT2D eigenvalue weighted by atomic mass is 10.0. The van der Waals surface area contributed by atoms with Crippen molar-refractivity contribution in [2.45, 2.75) is 13.1 Å². The number of Topliss-reactive ketones (excluding diaryl/α,β-unsaturated/α-hetero) is 1. The Bertz CT molecular complexity index is 1280. The molecule has 0 atom stereocenters. The number of nitrogens with zero attached hydrogens (tertiary/aromatic N) is 1. The van der Waals surface area contributed by atoms with Gasteiger partial charge in [0.05, 0.1) is 32.5 Å². The van der Waals surface area contributed by atoms with Crippen molar-refractivity contribution in [3.63, 3.8) is 0 Å². The zero-order valence-corrected chi connectivity index (χ0v) is 19.3. The summed E-state index contributed by atoms with van der Waals surface area (Å²) in [5, 5.41) is 0. The fraction of sp³-hybridized carbons (Fsp3) is 0.222. The fourth-order valence-corrected chi connectivity index (χ4v) is 4.23. The molecule has 5 rings (SSSR count). The third kappa shape index (κ3) is 4.06. The molecule has 174 valence electrons. The number of methoxy groups -OCH3 is 3. The first kappa shape index (κ1) is 21.9. The lowest BCUT2D eigenvalue weighted by Gasteiger charge is -2.29. The molecule has 0 saturated heterocycles. The first-order valence-corrected chi connectivity index (χ1v) is 10.9. The van der Waals surface area contributed by atoms with Crippen LogP contribution in [0.2, 0.25) is 0 Å². The molecule has 7 heteroatoms. The number of hydrogen-bond donors (Lipinski definition) is 0. The summed E-state index contributed by atoms with van der Waals surface area (Å²) >= 11 is 0. The van der Waals surface area contributed by atoms with Crippen LogP contribution in [0, 0.1) is 0 Å². The predicted octanol–water partition coefficient (Wildman–Crippen LogP) is 4.68. The zero-order valence-electron chi connectivity index (χ0n) is 19.3. The topological polar surface area (TPSA) is 66.5 Å². The number of allylic oxidation sites excluding steroid dienone is 1. The second kappa shape index (κ2) is 9.11. The molecule has 2 aliphatic rings. The maximum atomic E-state index is 13.0. The van der Waals surface area contributed by atoms with Crippen LogP contribution in [0.3, 0.4) is 0 Å². The van der Waals surface area contributed by atoms with Crippen molar-refractivity contribution >= 4 is 11.9 Å². The molecule has 7 nitrogen and oxygen atoms in total. The third-order valence-electron chi connectivity index (χ3n) is 5.93. The molecule has 0 aliphatic carbocycles. The molecule has 2 heterocycles. The summed E-state index contributed by atoms with van der Waals surface area (Å²) in [4.78, 5) is 15.2. The molecule has 0 spiro atoms. The Labute approximate surface area is 198 Å². The van der Waals surface area contributed by atoms with Gasteiger partial charge in [-0.05, 0) is 53.6 Å². The number of ether oxygens (including phenoxy) is 5. The Morgan fingerprint density at radius 1 is 0.971 bits per heavy atom. The summed E-state index contributed by atoms with van der Waals surface area (Å²) in [5.41, 5.74) is 3.31. The van der Waals surface area contributed by atoms with E-state index in [1.807, 2.05) is 48.5 Å². The van der Waals surface area contributed by atoms with Crippen LogP contribution in [0.15, 0.2) is 60.4 Å². The van der Waals surface area contributed by atoms with E-state index in [2.05, 4.69) is 4.90 Å². The van der Waals surface area contributed by atoms with Crippen LogP contribution in [0.4, 0.5) is 0 Å². The van der Waals surface area contributed by atoms with Gasteiger partial charge in [0.25, 0.3) is 0 Å². The van der Waals surface area contributed by atoms with Crippen molar-refractivity contribution in [2.75, 3.05) is 28.1 Å². The maximum Gasteiger partial charge on any atom is 0.231 e. The van der Waals surface area contributed by atoms with Crippen LogP contribution in [0.25, 0.3) is 6.08 Å². The minimum atomic E-state index is -0.141. The Balaban J connectivity index is 1.39. The lowest BCUT2D eigenvalue weighted by molar-refractivity contribution is 0.0872. The van der Waals surface area contributed by atoms with E-state index < -0.39 is 0 Å². The molecule has 0 N–H and O–H groups in total. The molecule has 0 bridgehead atoms. The van der Waals surface area contributed by atoms with Gasteiger partial charge >= 0.3 is 0 Å². The molecule has 0 radical (unpaired) electrons. The van der Waals surface area contributed by atoms with Gasteiger partial charge in [0.2, 0.25) is 5.78 Å². The van der Waals surface area contributed by atoms with Gasteiger partial charge in [-0.2, -0.15) is 0 Å². The number of hydrogen-bond acceptors (Lipinski definition) is 7. The number of carbonyl (C=O) groups is 1. The number of benzene rings is 3. The minimum absolute atomic E-state index is 0.141. The van der Waals surface area contributed by atoms with Crippen molar-refractivity contribution in [3.05, 3.63) is 82.6 Å². The van der Waals surface area contributed by atoms with Crippen LogP contribution < -0.4 is 23.7 Å². The summed E-state index contributed by atoms with van der Waals surface area (Å²) in [6.07, 6.45) is 1.74. The average Bonchev–Trinajstić information content (AvgIpc) is 3.19. The van der Waals surface area contributed by atoms with Crippen LogP contribution in [-0.2, 0) is 13.1 Å². The van der Waals surface area contributed by atoms with E-state index in [1.54, 1.807) is 33.5 Å². The summed E-state index contributed by atoms with van der Waals surface area (Å²) < 4.78 is 28.1. The largest absolute Gasteiger partial charge is 0.497 e. The van der Waals surface area contributed by atoms with E-state index in [0.717, 1.165) is 22.4 Å². The first-order valence-electron chi connectivity index (χ1n) is 10.9. The van der Waals surface area contributed by atoms with Gasteiger partial charge in [-0.25, -0.2) is 0 Å². The molecule has 0 saturated carbocycles. The molecule has 0 aromatic heterocycles. The van der Waals surface area contributed by atoms with Gasteiger partial charge in [0.1, 0.15) is 24.0 Å². The van der Waals surface area contributed by atoms with Gasteiger partial charge in [-0.15, -0.1) is 0 Å². The van der Waals surface area contributed by atoms with Gasteiger partial charge < -0.3 is 23.7 Å². The van der Waals surface area contributed by atoms with Gasteiger partial charge in [0.15, 0.2) is 17.3 Å². The lowest BCUT2D eigenvalue weighted by Crippen LogP contribution is -2.31. The highest BCUT2D eigenvalue weighted by Crippen LogP contribution is 2.42. The van der Waals surface area contributed by atoms with Crippen LogP contribution >= 0.6 is 0 Å². The number of carbonyl (C=O) groups excluding carboxylic acids is 1. The second-order valence-electron chi connectivity index (χ2n) is 8.09. The third-order valence-corrected chi connectivity index (χ3v) is 5.93. The monoisotopic (exact) mass is 459 g/mol. The highest BCUT2D eigenvalue weighted by Gasteiger charge is 2.33. The maximum absolute atomic E-state index is 13.0.